The average molecular weight is 899 g/mol. The Morgan fingerprint density at radius 1 is 0.566 bits per heavy atom. The molecule has 0 aliphatic rings. The quantitative estimate of drug-likeness (QED) is 0.0679. The summed E-state index contributed by atoms with van der Waals surface area (Å²) < 4.78 is 0. The summed E-state index contributed by atoms with van der Waals surface area (Å²) in [5.41, 5.74) is 6.67. The van der Waals surface area contributed by atoms with Crippen molar-refractivity contribution in [3.8, 4) is 0 Å². The molecule has 4 unspecified atom stereocenters. The van der Waals surface area contributed by atoms with E-state index in [9.17, 15) is 43.2 Å². The zero-order valence-corrected chi connectivity index (χ0v) is 25.0. The molecule has 302 valence electrons. The Hall–Kier alpha value is -0.541. The zero-order valence-electron chi connectivity index (χ0n) is 25.0. The third-order valence-corrected chi connectivity index (χ3v) is 3.63. The van der Waals surface area contributed by atoms with Gasteiger partial charge in [-0.25, -0.2) is 14.4 Å². The molecule has 0 aromatic rings. The van der Waals surface area contributed by atoms with Gasteiger partial charge in [0.05, 0.1) is 38.8 Å². The van der Waals surface area contributed by atoms with Crippen LogP contribution in [0.25, 0.3) is 0 Å². The van der Waals surface area contributed by atoms with E-state index in [1.807, 2.05) is 0 Å². The molecule has 4 atom stereocenters. The van der Waals surface area contributed by atoms with Crippen LogP contribution in [0.5, 0.6) is 0 Å². The molecule has 53 heavy (non-hydrogen) atoms. The predicted molar refractivity (Wildman–Crippen MR) is 182 cm³/mol. The topological polar surface area (TPSA) is 526 Å². The van der Waals surface area contributed by atoms with Crippen molar-refractivity contribution in [2.75, 3.05) is 13.2 Å². The maximum atomic E-state index is 10.3. The molecule has 31 heteroatoms. The van der Waals surface area contributed by atoms with Crippen LogP contribution in [0.2, 0.25) is 0 Å². The Morgan fingerprint density at radius 2 is 0.868 bits per heavy atom. The van der Waals surface area contributed by atoms with Crippen molar-refractivity contribution >= 4 is 211 Å². The first kappa shape index (κ1) is 77.1. The normalized spacial score (nSPS) is 10.9. The van der Waals surface area contributed by atoms with Crippen molar-refractivity contribution in [1.29, 1.82) is 0 Å². The summed E-state index contributed by atoms with van der Waals surface area (Å²) in [6.45, 7) is 0.0491. The maximum absolute atomic E-state index is 10.3. The number of rotatable bonds is 15. The first-order valence-electron chi connectivity index (χ1n) is 12.0. The molecule has 0 fully saturated rings. The molecule has 0 amide bonds. The van der Waals surface area contributed by atoms with Crippen molar-refractivity contribution in [1.82, 2.24) is 0 Å². The number of carbonyl (C=O) groups is 10. The number of aliphatic hydroxyl groups is 5. The predicted octanol–water partition coefficient (Wildman–Crippen LogP) is -10.2. The fourth-order valence-electron chi connectivity index (χ4n) is 1.51. The molecule has 0 saturated carbocycles. The van der Waals surface area contributed by atoms with Crippen LogP contribution in [0.3, 0.4) is 0 Å². The molecule has 27 nitrogen and oxygen atoms in total. The SMILES string of the molecule is CC(=O)O.NC(CC(=O)O)C(=O)O.NCC(=O)O.O=C(O)C(O)C(O)CO.O=C(O)CC(O)(CC(=O)O)C(=O)O.O=C(O)CC(O)C(=O)O.[CaH2].[CaH2].[CaH2].[CaH2]. The van der Waals surface area contributed by atoms with Gasteiger partial charge in [0, 0.05) is 6.92 Å². The summed E-state index contributed by atoms with van der Waals surface area (Å²) >= 11 is 0. The first-order valence-corrected chi connectivity index (χ1v) is 12.0. The molecular weight excluding hydrogens is 853 g/mol. The zero-order chi connectivity index (χ0) is 40.8. The van der Waals surface area contributed by atoms with Gasteiger partial charge in [-0.3, -0.25) is 33.6 Å². The number of hydrogen-bond acceptors (Lipinski definition) is 17. The van der Waals surface area contributed by atoms with Gasteiger partial charge in [0.15, 0.2) is 17.8 Å². The summed E-state index contributed by atoms with van der Waals surface area (Å²) in [5, 5.41) is 122. The van der Waals surface area contributed by atoms with Crippen LogP contribution in [-0.4, -0.2) is 330 Å². The van der Waals surface area contributed by atoms with Crippen LogP contribution in [0.4, 0.5) is 0 Å². The van der Waals surface area contributed by atoms with Crippen LogP contribution in [0.1, 0.15) is 32.6 Å². The second kappa shape index (κ2) is 45.8. The standard InChI is InChI=1S/C6H8O7.C4H7NO4.C4H8O5.C4H6O5.C2H5NO2.C2H4O2.4Ca.8H/c7-3(8)1-6(13,5(11)12)2-4(9)10;5-2(4(8)9)1-3(6)7;5-1-2(6)3(7)4(8)9;5-2(4(8)9)1-3(6)7;3-1-2(4)5;1-2(3)4;;;;;;;;;;;;/h13H,1-2H2,(H,7,8)(H,9,10)(H,11,12);2H,1,5H2,(H,6,7)(H,8,9);2-3,5-7H,1H2,(H,8,9);2,5H,1H2,(H,6,7)(H,8,9);1,3H2,(H,4,5);1H3,(H,3,4);;;;;;;;;;;;. The van der Waals surface area contributed by atoms with E-state index in [1.165, 1.54) is 0 Å². The third kappa shape index (κ3) is 66.6. The van der Waals surface area contributed by atoms with E-state index >= 15 is 0 Å². The Kier molecular flexibility index (Phi) is 66.7. The van der Waals surface area contributed by atoms with Gasteiger partial charge in [-0.2, -0.15) is 0 Å². The van der Waals surface area contributed by atoms with Crippen LogP contribution in [0, 0.1) is 0 Å². The van der Waals surface area contributed by atoms with E-state index in [2.05, 4.69) is 5.73 Å². The third-order valence-electron chi connectivity index (χ3n) is 3.63. The number of carboxylic acids is 10. The van der Waals surface area contributed by atoms with Crippen LogP contribution >= 0.6 is 0 Å². The van der Waals surface area contributed by atoms with Crippen molar-refractivity contribution in [2.24, 2.45) is 11.5 Å². The number of aliphatic carboxylic acids is 10. The molecule has 0 saturated heterocycles. The van der Waals surface area contributed by atoms with E-state index in [0.717, 1.165) is 6.92 Å². The molecule has 0 heterocycles. The Bertz CT molecular complexity index is 1060. The van der Waals surface area contributed by atoms with E-state index in [0.29, 0.717) is 0 Å². The fraction of sp³-hybridized carbons (Fsp3) is 0.545. The van der Waals surface area contributed by atoms with Crippen LogP contribution in [-0.2, 0) is 47.9 Å². The van der Waals surface area contributed by atoms with Crippen molar-refractivity contribution < 1.29 is 125 Å². The van der Waals surface area contributed by atoms with Crippen LogP contribution < -0.4 is 11.5 Å². The van der Waals surface area contributed by atoms with Crippen molar-refractivity contribution in [2.45, 2.75) is 62.6 Å². The molecule has 0 aliphatic heterocycles. The number of nitrogens with two attached hydrogens (primary N) is 2. The molecule has 0 aromatic heterocycles. The molecular formula is C22H46Ca4N2O25. The number of carboxylic acid groups (broad SMARTS) is 10. The fourth-order valence-corrected chi connectivity index (χ4v) is 1.51. The Labute approximate surface area is 416 Å². The summed E-state index contributed by atoms with van der Waals surface area (Å²) in [5.74, 6) is -13.7. The minimum absolute atomic E-state index is 0. The summed E-state index contributed by atoms with van der Waals surface area (Å²) in [6, 6.07) is -1.29. The Morgan fingerprint density at radius 3 is 0.962 bits per heavy atom. The molecule has 0 aliphatic carbocycles. The van der Waals surface area contributed by atoms with Gasteiger partial charge in [-0.1, -0.05) is 0 Å². The van der Waals surface area contributed by atoms with Gasteiger partial charge in [0.2, 0.25) is 0 Å². The molecule has 0 spiro atoms. The molecule has 0 radical (unpaired) electrons. The number of hydrogen-bond donors (Lipinski definition) is 17. The van der Waals surface area contributed by atoms with E-state index in [-0.39, 0.29) is 157 Å². The molecule has 0 aromatic carbocycles. The number of aliphatic hydroxyl groups excluding tert-OH is 4. The second-order valence-corrected chi connectivity index (χ2v) is 8.12. The van der Waals surface area contributed by atoms with E-state index in [1.54, 1.807) is 0 Å². The second-order valence-electron chi connectivity index (χ2n) is 8.12. The van der Waals surface area contributed by atoms with Crippen LogP contribution in [0.15, 0.2) is 0 Å². The van der Waals surface area contributed by atoms with Gasteiger partial charge >= 0.3 is 205 Å². The summed E-state index contributed by atoms with van der Waals surface area (Å²) in [6.07, 6.45) is -8.85. The Balaban J connectivity index is -0.0000000532. The van der Waals surface area contributed by atoms with Crippen molar-refractivity contribution in [3.05, 3.63) is 0 Å². The van der Waals surface area contributed by atoms with Gasteiger partial charge in [-0.05, 0) is 0 Å². The summed E-state index contributed by atoms with van der Waals surface area (Å²) in [4.78, 5) is 97.5. The van der Waals surface area contributed by atoms with E-state index < -0.39 is 122 Å². The van der Waals surface area contributed by atoms with Crippen molar-refractivity contribution in [3.63, 3.8) is 0 Å². The molecule has 19 N–H and O–H groups in total. The van der Waals surface area contributed by atoms with Gasteiger partial charge in [0.1, 0.15) is 12.1 Å². The van der Waals surface area contributed by atoms with Gasteiger partial charge in [-0.15, -0.1) is 0 Å². The van der Waals surface area contributed by atoms with E-state index in [4.69, 9.17) is 87.1 Å². The monoisotopic (exact) mass is 898 g/mol. The summed E-state index contributed by atoms with van der Waals surface area (Å²) in [7, 11) is 0. The van der Waals surface area contributed by atoms with Gasteiger partial charge in [0.25, 0.3) is 5.97 Å². The van der Waals surface area contributed by atoms with Gasteiger partial charge < -0.3 is 88.1 Å². The molecule has 0 bridgehead atoms. The molecule has 0 rings (SSSR count). The first-order chi connectivity index (χ1) is 21.9. The minimum atomic E-state index is -2.74. The average Bonchev–Trinajstić information content (AvgIpc) is 2.91.